The third-order valence-corrected chi connectivity index (χ3v) is 4.13. The Morgan fingerprint density at radius 1 is 1.12 bits per heavy atom. The summed E-state index contributed by atoms with van der Waals surface area (Å²) in [5.74, 6) is 0.380. The number of nitrogens with one attached hydrogen (secondary N) is 1. The summed E-state index contributed by atoms with van der Waals surface area (Å²) in [7, 11) is 0. The highest BCUT2D eigenvalue weighted by molar-refractivity contribution is 6.05. The van der Waals surface area contributed by atoms with Gasteiger partial charge in [0.05, 0.1) is 11.5 Å². The quantitative estimate of drug-likeness (QED) is 0.384. The number of carbonyl (C=O) groups excluding carboxylic acids is 1. The molecule has 0 radical (unpaired) electrons. The van der Waals surface area contributed by atoms with Crippen LogP contribution in [0.5, 0.6) is 5.75 Å². The van der Waals surface area contributed by atoms with Crippen LogP contribution in [0, 0.1) is 17.0 Å². The zero-order chi connectivity index (χ0) is 18.9. The second kappa shape index (κ2) is 9.56. The zero-order valence-electron chi connectivity index (χ0n) is 15.2. The number of nitro benzene ring substituents is 1. The molecule has 0 aliphatic rings. The Labute approximate surface area is 153 Å². The van der Waals surface area contributed by atoms with Crippen LogP contribution in [0.15, 0.2) is 42.5 Å². The number of benzene rings is 2. The molecule has 138 valence electrons. The summed E-state index contributed by atoms with van der Waals surface area (Å²) in [6.07, 6.45) is 4.59. The Bertz CT molecular complexity index is 757. The number of rotatable bonds is 9. The van der Waals surface area contributed by atoms with Gasteiger partial charge in [-0.3, -0.25) is 14.9 Å². The van der Waals surface area contributed by atoms with Crippen molar-refractivity contribution in [3.8, 4) is 5.75 Å². The van der Waals surface area contributed by atoms with E-state index in [9.17, 15) is 14.9 Å². The SMILES string of the molecule is CCCCCCOc1ccc(NC(=O)c2cccc([N+](=O)[O-])c2C)cc1. The van der Waals surface area contributed by atoms with E-state index in [-0.39, 0.29) is 17.2 Å². The number of nitro groups is 1. The summed E-state index contributed by atoms with van der Waals surface area (Å²) in [4.78, 5) is 22.9. The van der Waals surface area contributed by atoms with Crippen LogP contribution in [0.2, 0.25) is 0 Å². The van der Waals surface area contributed by atoms with E-state index < -0.39 is 4.92 Å². The van der Waals surface area contributed by atoms with Gasteiger partial charge in [0.25, 0.3) is 11.6 Å². The standard InChI is InChI=1S/C20H24N2O4/c1-3-4-5-6-14-26-17-12-10-16(11-13-17)21-20(23)18-8-7-9-19(15(18)2)22(24)25/h7-13H,3-6,14H2,1-2H3,(H,21,23). The highest BCUT2D eigenvalue weighted by Gasteiger charge is 2.17. The van der Waals surface area contributed by atoms with Crippen LogP contribution in [0.4, 0.5) is 11.4 Å². The molecule has 0 fully saturated rings. The summed E-state index contributed by atoms with van der Waals surface area (Å²) in [6, 6.07) is 11.6. The summed E-state index contributed by atoms with van der Waals surface area (Å²) in [6.45, 7) is 4.42. The van der Waals surface area contributed by atoms with Crippen LogP contribution >= 0.6 is 0 Å². The molecule has 6 nitrogen and oxygen atoms in total. The molecule has 0 aromatic heterocycles. The van der Waals surface area contributed by atoms with Gasteiger partial charge < -0.3 is 10.1 Å². The molecule has 0 heterocycles. The molecule has 0 saturated heterocycles. The highest BCUT2D eigenvalue weighted by Crippen LogP contribution is 2.23. The van der Waals surface area contributed by atoms with Crippen molar-refractivity contribution in [2.24, 2.45) is 0 Å². The van der Waals surface area contributed by atoms with E-state index in [1.807, 2.05) is 0 Å². The Morgan fingerprint density at radius 3 is 2.50 bits per heavy atom. The van der Waals surface area contributed by atoms with Crippen molar-refractivity contribution in [3.05, 3.63) is 63.7 Å². The van der Waals surface area contributed by atoms with Gasteiger partial charge >= 0.3 is 0 Å². The molecule has 0 spiro atoms. The van der Waals surface area contributed by atoms with Gasteiger partial charge in [0.2, 0.25) is 0 Å². The van der Waals surface area contributed by atoms with Gasteiger partial charge in [-0.2, -0.15) is 0 Å². The molecule has 2 aromatic carbocycles. The molecule has 6 heteroatoms. The van der Waals surface area contributed by atoms with Crippen molar-refractivity contribution in [1.29, 1.82) is 0 Å². The number of hydrogen-bond donors (Lipinski definition) is 1. The van der Waals surface area contributed by atoms with Crippen LogP contribution < -0.4 is 10.1 Å². The molecule has 26 heavy (non-hydrogen) atoms. The Balaban J connectivity index is 1.95. The predicted molar refractivity (Wildman–Crippen MR) is 102 cm³/mol. The van der Waals surface area contributed by atoms with Crippen molar-refractivity contribution < 1.29 is 14.5 Å². The van der Waals surface area contributed by atoms with E-state index in [4.69, 9.17) is 4.74 Å². The van der Waals surface area contributed by atoms with Crippen LogP contribution in [-0.2, 0) is 0 Å². The lowest BCUT2D eigenvalue weighted by atomic mass is 10.1. The van der Waals surface area contributed by atoms with Crippen molar-refractivity contribution in [1.82, 2.24) is 0 Å². The normalized spacial score (nSPS) is 10.4. The monoisotopic (exact) mass is 356 g/mol. The molecule has 0 aliphatic heterocycles. The van der Waals surface area contributed by atoms with Gasteiger partial charge in [-0.05, 0) is 43.7 Å². The average molecular weight is 356 g/mol. The zero-order valence-corrected chi connectivity index (χ0v) is 15.2. The Hall–Kier alpha value is -2.89. The summed E-state index contributed by atoms with van der Waals surface area (Å²) in [5, 5.41) is 13.8. The molecule has 1 N–H and O–H groups in total. The molecule has 0 bridgehead atoms. The van der Waals surface area contributed by atoms with E-state index in [1.54, 1.807) is 37.3 Å². The molecule has 0 unspecified atom stereocenters. The lowest BCUT2D eigenvalue weighted by Crippen LogP contribution is -2.14. The van der Waals surface area contributed by atoms with Gasteiger partial charge in [-0.1, -0.05) is 32.3 Å². The third kappa shape index (κ3) is 5.31. The first-order chi connectivity index (χ1) is 12.5. The molecular weight excluding hydrogens is 332 g/mol. The largest absolute Gasteiger partial charge is 0.494 e. The summed E-state index contributed by atoms with van der Waals surface area (Å²) >= 11 is 0. The first kappa shape index (κ1) is 19.4. The van der Waals surface area contributed by atoms with Crippen molar-refractivity contribution in [2.45, 2.75) is 39.5 Å². The van der Waals surface area contributed by atoms with Crippen molar-refractivity contribution in [2.75, 3.05) is 11.9 Å². The van der Waals surface area contributed by atoms with Gasteiger partial charge in [-0.15, -0.1) is 0 Å². The fourth-order valence-electron chi connectivity index (χ4n) is 2.62. The molecule has 0 atom stereocenters. The smallest absolute Gasteiger partial charge is 0.273 e. The second-order valence-electron chi connectivity index (χ2n) is 6.09. The highest BCUT2D eigenvalue weighted by atomic mass is 16.6. The molecule has 2 aromatic rings. The van der Waals surface area contributed by atoms with Gasteiger partial charge in [0, 0.05) is 22.9 Å². The second-order valence-corrected chi connectivity index (χ2v) is 6.09. The van der Waals surface area contributed by atoms with Crippen LogP contribution in [0.25, 0.3) is 0 Å². The predicted octanol–water partition coefficient (Wildman–Crippen LogP) is 5.11. The Kier molecular flexibility index (Phi) is 7.14. The maximum absolute atomic E-state index is 12.4. The van der Waals surface area contributed by atoms with E-state index in [0.29, 0.717) is 17.9 Å². The number of nitrogens with zero attached hydrogens (tertiary/aromatic N) is 1. The van der Waals surface area contributed by atoms with Crippen LogP contribution in [0.1, 0.15) is 48.5 Å². The fourth-order valence-corrected chi connectivity index (χ4v) is 2.62. The van der Waals surface area contributed by atoms with Crippen molar-refractivity contribution >= 4 is 17.3 Å². The average Bonchev–Trinajstić information content (AvgIpc) is 2.62. The minimum atomic E-state index is -0.487. The minimum Gasteiger partial charge on any atom is -0.494 e. The topological polar surface area (TPSA) is 81.5 Å². The lowest BCUT2D eigenvalue weighted by Gasteiger charge is -2.10. The van der Waals surface area contributed by atoms with Crippen molar-refractivity contribution in [3.63, 3.8) is 0 Å². The first-order valence-corrected chi connectivity index (χ1v) is 8.81. The van der Waals surface area contributed by atoms with Gasteiger partial charge in [0.1, 0.15) is 5.75 Å². The summed E-state index contributed by atoms with van der Waals surface area (Å²) < 4.78 is 5.67. The van der Waals surface area contributed by atoms with Gasteiger partial charge in [-0.25, -0.2) is 0 Å². The number of hydrogen-bond acceptors (Lipinski definition) is 4. The lowest BCUT2D eigenvalue weighted by molar-refractivity contribution is -0.385. The molecule has 1 amide bonds. The maximum Gasteiger partial charge on any atom is 0.273 e. The van der Waals surface area contributed by atoms with Crippen LogP contribution in [-0.4, -0.2) is 17.4 Å². The number of ether oxygens (including phenoxy) is 1. The number of carbonyl (C=O) groups is 1. The van der Waals surface area contributed by atoms with Crippen LogP contribution in [0.3, 0.4) is 0 Å². The number of anilines is 1. The van der Waals surface area contributed by atoms with E-state index in [1.165, 1.54) is 25.0 Å². The molecule has 2 rings (SSSR count). The molecule has 0 aliphatic carbocycles. The molecular formula is C20H24N2O4. The maximum atomic E-state index is 12.4. The summed E-state index contributed by atoms with van der Waals surface area (Å²) in [5.41, 5.74) is 1.18. The molecule has 0 saturated carbocycles. The Morgan fingerprint density at radius 2 is 1.85 bits per heavy atom. The fraction of sp³-hybridized carbons (Fsp3) is 0.350. The van der Waals surface area contributed by atoms with E-state index in [0.717, 1.165) is 18.6 Å². The van der Waals surface area contributed by atoms with E-state index >= 15 is 0 Å². The number of unbranched alkanes of at least 4 members (excludes halogenated alkanes) is 3. The number of amides is 1. The third-order valence-electron chi connectivity index (χ3n) is 4.13. The van der Waals surface area contributed by atoms with Gasteiger partial charge in [0.15, 0.2) is 0 Å². The minimum absolute atomic E-state index is 0.0653. The first-order valence-electron chi connectivity index (χ1n) is 8.81. The van der Waals surface area contributed by atoms with E-state index in [2.05, 4.69) is 12.2 Å².